The average molecular weight is 561 g/mol. The van der Waals surface area contributed by atoms with Gasteiger partial charge < -0.3 is 28.7 Å². The molecule has 9 heteroatoms. The highest BCUT2D eigenvalue weighted by molar-refractivity contribution is 5.79. The van der Waals surface area contributed by atoms with Gasteiger partial charge in [-0.05, 0) is 56.2 Å². The van der Waals surface area contributed by atoms with E-state index < -0.39 is 11.9 Å². The molecule has 2 saturated heterocycles. The van der Waals surface area contributed by atoms with Gasteiger partial charge in [0.1, 0.15) is 0 Å². The first-order valence-corrected chi connectivity index (χ1v) is 15.2. The normalized spacial score (nSPS) is 24.8. The molecule has 3 aliphatic rings. The fourth-order valence-corrected chi connectivity index (χ4v) is 6.45. The van der Waals surface area contributed by atoms with Crippen molar-refractivity contribution in [1.29, 1.82) is 0 Å². The summed E-state index contributed by atoms with van der Waals surface area (Å²) in [5.74, 6) is -0.209. The van der Waals surface area contributed by atoms with E-state index in [9.17, 15) is 14.7 Å². The van der Waals surface area contributed by atoms with Gasteiger partial charge in [-0.2, -0.15) is 0 Å². The van der Waals surface area contributed by atoms with E-state index in [1.54, 1.807) is 0 Å². The molecule has 3 aliphatic heterocycles. The Labute approximate surface area is 239 Å². The van der Waals surface area contributed by atoms with Crippen molar-refractivity contribution in [2.75, 3.05) is 67.3 Å². The number of ether oxygens (including phenoxy) is 3. The zero-order chi connectivity index (χ0) is 28.7. The monoisotopic (exact) mass is 560 g/mol. The molecule has 2 unspecified atom stereocenters. The van der Waals surface area contributed by atoms with Crippen LogP contribution in [0.3, 0.4) is 0 Å². The number of fused-ring (bicyclic) bond motifs is 1. The maximum atomic E-state index is 13.8. The largest absolute Gasteiger partial charge is 0.481 e. The van der Waals surface area contributed by atoms with Crippen LogP contribution in [-0.4, -0.2) is 111 Å². The maximum Gasteiger partial charge on any atom is 0.308 e. The van der Waals surface area contributed by atoms with Crippen molar-refractivity contribution in [1.82, 2.24) is 9.80 Å². The zero-order valence-corrected chi connectivity index (χ0v) is 25.0. The highest BCUT2D eigenvalue weighted by Gasteiger charge is 2.47. The van der Waals surface area contributed by atoms with E-state index >= 15 is 0 Å². The Morgan fingerprint density at radius 1 is 1.07 bits per heavy atom. The third kappa shape index (κ3) is 8.10. The predicted octanol–water partition coefficient (Wildman–Crippen LogP) is 3.96. The topological polar surface area (TPSA) is 88.5 Å². The number of carboxylic acids is 1. The lowest BCUT2D eigenvalue weighted by atomic mass is 9.83. The van der Waals surface area contributed by atoms with Gasteiger partial charge in [-0.15, -0.1) is 0 Å². The molecular weight excluding hydrogens is 510 g/mol. The van der Waals surface area contributed by atoms with E-state index in [0.29, 0.717) is 24.5 Å². The van der Waals surface area contributed by atoms with E-state index in [1.807, 2.05) is 23.1 Å². The van der Waals surface area contributed by atoms with Crippen molar-refractivity contribution in [2.24, 2.45) is 5.92 Å². The SMILES string of the molecule is CCCCN(CCC[N+](C)(C)C)C(=O)CN1C[C@H](c2ccc3c(c2)OCO3)C(C(=O)O)[C@@H]1CCC1CCCCO1. The molecule has 0 bridgehead atoms. The molecule has 4 rings (SSSR count). The molecule has 0 saturated carbocycles. The molecule has 9 nitrogen and oxygen atoms in total. The number of amides is 1. The van der Waals surface area contributed by atoms with E-state index in [0.717, 1.165) is 81.2 Å². The van der Waals surface area contributed by atoms with E-state index in [1.165, 1.54) is 0 Å². The summed E-state index contributed by atoms with van der Waals surface area (Å²) in [6, 6.07) is 5.52. The van der Waals surface area contributed by atoms with Crippen LogP contribution in [0.5, 0.6) is 11.5 Å². The number of hydrogen-bond acceptors (Lipinski definition) is 6. The molecule has 3 heterocycles. The summed E-state index contributed by atoms with van der Waals surface area (Å²) < 4.78 is 18.0. The van der Waals surface area contributed by atoms with Crippen LogP contribution >= 0.6 is 0 Å². The van der Waals surface area contributed by atoms with Gasteiger partial charge in [0.05, 0.1) is 46.3 Å². The number of carbonyl (C=O) groups excluding carboxylic acids is 1. The van der Waals surface area contributed by atoms with Crippen molar-refractivity contribution >= 4 is 11.9 Å². The molecule has 1 amide bonds. The lowest BCUT2D eigenvalue weighted by molar-refractivity contribution is -0.870. The van der Waals surface area contributed by atoms with Crippen molar-refractivity contribution in [2.45, 2.75) is 76.4 Å². The van der Waals surface area contributed by atoms with Gasteiger partial charge in [0, 0.05) is 44.6 Å². The summed E-state index contributed by atoms with van der Waals surface area (Å²) in [5.41, 5.74) is 0.927. The number of quaternary nitrogens is 1. The van der Waals surface area contributed by atoms with Gasteiger partial charge in [0.2, 0.25) is 12.7 Å². The molecule has 2 fully saturated rings. The number of carbonyl (C=O) groups is 2. The number of aliphatic carboxylic acids is 1. The summed E-state index contributed by atoms with van der Waals surface area (Å²) in [6.45, 7) is 6.35. The van der Waals surface area contributed by atoms with Crippen molar-refractivity contribution in [3.8, 4) is 11.5 Å². The van der Waals surface area contributed by atoms with Crippen LogP contribution in [0.15, 0.2) is 18.2 Å². The minimum absolute atomic E-state index is 0.101. The van der Waals surface area contributed by atoms with Gasteiger partial charge >= 0.3 is 5.97 Å². The van der Waals surface area contributed by atoms with Crippen LogP contribution in [0.25, 0.3) is 0 Å². The fraction of sp³-hybridized carbons (Fsp3) is 0.742. The molecule has 1 aromatic rings. The van der Waals surface area contributed by atoms with Gasteiger partial charge in [-0.3, -0.25) is 14.5 Å². The number of likely N-dealkylation sites (tertiary alicyclic amines) is 1. The van der Waals surface area contributed by atoms with Gasteiger partial charge in [-0.1, -0.05) is 19.4 Å². The Morgan fingerprint density at radius 3 is 2.55 bits per heavy atom. The van der Waals surface area contributed by atoms with Gasteiger partial charge in [-0.25, -0.2) is 0 Å². The Kier molecular flexibility index (Phi) is 10.7. The van der Waals surface area contributed by atoms with Crippen LogP contribution < -0.4 is 9.47 Å². The van der Waals surface area contributed by atoms with Crippen LogP contribution in [-0.2, 0) is 14.3 Å². The lowest BCUT2D eigenvalue weighted by Crippen LogP contribution is -2.45. The minimum Gasteiger partial charge on any atom is -0.481 e. The third-order valence-electron chi connectivity index (χ3n) is 8.65. The summed E-state index contributed by atoms with van der Waals surface area (Å²) in [5, 5.41) is 10.5. The zero-order valence-electron chi connectivity index (χ0n) is 25.0. The second-order valence-corrected chi connectivity index (χ2v) is 12.7. The molecule has 0 spiro atoms. The molecule has 40 heavy (non-hydrogen) atoms. The highest BCUT2D eigenvalue weighted by Crippen LogP contribution is 2.43. The predicted molar refractivity (Wildman–Crippen MR) is 154 cm³/mol. The van der Waals surface area contributed by atoms with E-state index in [-0.39, 0.29) is 37.3 Å². The second kappa shape index (κ2) is 14.0. The molecule has 1 N–H and O–H groups in total. The molecule has 4 atom stereocenters. The molecule has 224 valence electrons. The van der Waals surface area contributed by atoms with Crippen LogP contribution in [0.1, 0.15) is 69.8 Å². The van der Waals surface area contributed by atoms with Gasteiger partial charge in [0.25, 0.3) is 0 Å². The molecule has 0 aliphatic carbocycles. The van der Waals surface area contributed by atoms with E-state index in [4.69, 9.17) is 14.2 Å². The van der Waals surface area contributed by atoms with Crippen LogP contribution in [0, 0.1) is 5.92 Å². The van der Waals surface area contributed by atoms with Crippen molar-refractivity contribution < 1.29 is 33.4 Å². The van der Waals surface area contributed by atoms with Gasteiger partial charge in [0.15, 0.2) is 11.5 Å². The number of unbranched alkanes of at least 4 members (excludes halogenated alkanes) is 1. The summed E-state index contributed by atoms with van der Waals surface area (Å²) in [6.07, 6.45) is 7.89. The third-order valence-corrected chi connectivity index (χ3v) is 8.65. The summed E-state index contributed by atoms with van der Waals surface area (Å²) in [4.78, 5) is 30.7. The molecule has 0 radical (unpaired) electrons. The Balaban J connectivity index is 1.53. The van der Waals surface area contributed by atoms with Crippen LogP contribution in [0.4, 0.5) is 0 Å². The number of hydrogen-bond donors (Lipinski definition) is 1. The standard InChI is InChI=1S/C31H49N3O6/c1-5-6-15-32(16-9-17-34(2,3)4)29(35)21-33-20-25(23-11-14-27-28(19-23)40-22-39-27)30(31(36)37)26(33)13-12-24-10-7-8-18-38-24/h11,14,19,24-26,30H,5-10,12-13,15-18,20-22H2,1-4H3/p+1/t24?,25-,26+,30?/m1/s1. The Morgan fingerprint density at radius 2 is 1.85 bits per heavy atom. The number of nitrogens with zero attached hydrogens (tertiary/aromatic N) is 3. The average Bonchev–Trinajstić information content (AvgIpc) is 3.53. The van der Waals surface area contributed by atoms with Crippen molar-refractivity contribution in [3.63, 3.8) is 0 Å². The first kappa shape index (κ1) is 30.6. The fourth-order valence-electron chi connectivity index (χ4n) is 6.45. The smallest absolute Gasteiger partial charge is 0.308 e. The molecule has 0 aromatic heterocycles. The molecular formula is C31H50N3O6+. The minimum atomic E-state index is -0.807. The quantitative estimate of drug-likeness (QED) is 0.345. The van der Waals surface area contributed by atoms with E-state index in [2.05, 4.69) is 33.0 Å². The Hall–Kier alpha value is -2.36. The second-order valence-electron chi connectivity index (χ2n) is 12.7. The Bertz CT molecular complexity index is 990. The first-order chi connectivity index (χ1) is 19.2. The first-order valence-electron chi connectivity index (χ1n) is 15.2. The highest BCUT2D eigenvalue weighted by atomic mass is 16.7. The maximum absolute atomic E-state index is 13.8. The summed E-state index contributed by atoms with van der Waals surface area (Å²) in [7, 11) is 6.52. The number of carboxylic acid groups (broad SMARTS) is 1. The lowest BCUT2D eigenvalue weighted by Gasteiger charge is -2.32. The summed E-state index contributed by atoms with van der Waals surface area (Å²) >= 11 is 0. The van der Waals surface area contributed by atoms with Crippen LogP contribution in [0.2, 0.25) is 0 Å². The molecule has 1 aromatic carbocycles. The number of benzene rings is 1. The van der Waals surface area contributed by atoms with Crippen molar-refractivity contribution in [3.05, 3.63) is 23.8 Å². The number of rotatable bonds is 14.